The molecule has 0 saturated carbocycles. The van der Waals surface area contributed by atoms with Crippen LogP contribution in [0.25, 0.3) is 0 Å². The predicted octanol–water partition coefficient (Wildman–Crippen LogP) is 4.22. The molecule has 110 valence electrons. The summed E-state index contributed by atoms with van der Waals surface area (Å²) in [7, 11) is 1.36. The van der Waals surface area contributed by atoms with E-state index < -0.39 is 0 Å². The van der Waals surface area contributed by atoms with Crippen LogP contribution in [0, 0.1) is 0 Å². The fourth-order valence-electron chi connectivity index (χ4n) is 2.01. The van der Waals surface area contributed by atoms with Gasteiger partial charge in [0.2, 0.25) is 0 Å². The molecule has 2 aromatic carbocycles. The van der Waals surface area contributed by atoms with E-state index in [1.807, 2.05) is 30.3 Å². The number of carbonyl (C=O) groups is 1. The molecule has 0 aliphatic rings. The van der Waals surface area contributed by atoms with Gasteiger partial charge < -0.3 is 9.47 Å². The third kappa shape index (κ3) is 4.23. The zero-order chi connectivity index (χ0) is 15.1. The van der Waals surface area contributed by atoms with E-state index in [-0.39, 0.29) is 12.1 Å². The van der Waals surface area contributed by atoms with E-state index in [2.05, 4.69) is 4.74 Å². The van der Waals surface area contributed by atoms with Gasteiger partial charge >= 0.3 is 5.97 Å². The van der Waals surface area contributed by atoms with E-state index >= 15 is 0 Å². The Balaban J connectivity index is 2.12. The number of ether oxygens (including phenoxy) is 2. The lowest BCUT2D eigenvalue weighted by Gasteiger charge is -2.18. The van der Waals surface area contributed by atoms with Crippen molar-refractivity contribution in [2.45, 2.75) is 12.5 Å². The highest BCUT2D eigenvalue weighted by molar-refractivity contribution is 6.17. The van der Waals surface area contributed by atoms with E-state index in [1.165, 1.54) is 7.11 Å². The predicted molar refractivity (Wildman–Crippen MR) is 82.9 cm³/mol. The molecule has 4 heteroatoms. The van der Waals surface area contributed by atoms with Gasteiger partial charge in [0.25, 0.3) is 0 Å². The number of halogens is 1. The summed E-state index contributed by atoms with van der Waals surface area (Å²) in [6.07, 6.45) is 0.609. The molecule has 0 N–H and O–H groups in total. The number of esters is 1. The Kier molecular flexibility index (Phi) is 5.64. The second-order valence-corrected chi connectivity index (χ2v) is 4.89. The van der Waals surface area contributed by atoms with Crippen molar-refractivity contribution in [1.82, 2.24) is 0 Å². The maximum atomic E-state index is 11.4. The summed E-state index contributed by atoms with van der Waals surface area (Å²) in [6, 6.07) is 16.8. The molecule has 0 saturated heterocycles. The fourth-order valence-corrected chi connectivity index (χ4v) is 2.21. The first kappa shape index (κ1) is 15.4. The molecule has 0 aliphatic heterocycles. The van der Waals surface area contributed by atoms with Gasteiger partial charge in [0.15, 0.2) is 0 Å². The minimum Gasteiger partial charge on any atom is -0.486 e. The summed E-state index contributed by atoms with van der Waals surface area (Å²) in [5.41, 5.74) is 1.58. The monoisotopic (exact) mass is 304 g/mol. The largest absolute Gasteiger partial charge is 0.486 e. The van der Waals surface area contributed by atoms with Gasteiger partial charge in [-0.25, -0.2) is 4.79 Å². The number of methoxy groups -OCH3 is 1. The van der Waals surface area contributed by atoms with Crippen LogP contribution in [0.2, 0.25) is 0 Å². The molecule has 2 aromatic rings. The van der Waals surface area contributed by atoms with Crippen molar-refractivity contribution >= 4 is 17.6 Å². The van der Waals surface area contributed by atoms with Crippen molar-refractivity contribution in [3.8, 4) is 5.75 Å². The first-order chi connectivity index (χ1) is 10.2. The molecule has 0 radical (unpaired) electrons. The smallest absolute Gasteiger partial charge is 0.337 e. The Labute approximate surface area is 129 Å². The van der Waals surface area contributed by atoms with Crippen LogP contribution in [0.5, 0.6) is 5.75 Å². The summed E-state index contributed by atoms with van der Waals surface area (Å²) < 4.78 is 10.6. The average Bonchev–Trinajstić information content (AvgIpc) is 2.55. The Morgan fingerprint density at radius 2 is 1.76 bits per heavy atom. The highest BCUT2D eigenvalue weighted by Crippen LogP contribution is 2.25. The highest BCUT2D eigenvalue weighted by Gasteiger charge is 2.13. The van der Waals surface area contributed by atoms with Crippen LogP contribution in [0.15, 0.2) is 54.6 Å². The first-order valence-electron chi connectivity index (χ1n) is 6.70. The molecular weight excluding hydrogens is 288 g/mol. The van der Waals surface area contributed by atoms with E-state index in [0.29, 0.717) is 23.6 Å². The molecule has 0 aliphatic carbocycles. The molecule has 2 rings (SSSR count). The van der Waals surface area contributed by atoms with E-state index in [4.69, 9.17) is 16.3 Å². The van der Waals surface area contributed by atoms with Crippen LogP contribution >= 0.6 is 11.6 Å². The minimum atomic E-state index is -0.359. The van der Waals surface area contributed by atoms with E-state index in [0.717, 1.165) is 5.56 Å². The molecule has 0 spiro atoms. The normalized spacial score (nSPS) is 11.7. The Morgan fingerprint density at radius 1 is 1.10 bits per heavy atom. The van der Waals surface area contributed by atoms with Crippen LogP contribution in [0.1, 0.15) is 28.4 Å². The number of carbonyl (C=O) groups excluding carboxylic acids is 1. The second kappa shape index (κ2) is 7.70. The summed E-state index contributed by atoms with van der Waals surface area (Å²) >= 11 is 5.86. The van der Waals surface area contributed by atoms with Gasteiger partial charge in [-0.05, 0) is 29.8 Å². The number of benzene rings is 2. The topological polar surface area (TPSA) is 35.5 Å². The van der Waals surface area contributed by atoms with Gasteiger partial charge in [-0.3, -0.25) is 0 Å². The van der Waals surface area contributed by atoms with Crippen LogP contribution in [-0.4, -0.2) is 19.0 Å². The lowest BCUT2D eigenvalue weighted by Crippen LogP contribution is -2.08. The molecule has 21 heavy (non-hydrogen) atoms. The molecule has 0 bridgehead atoms. The van der Waals surface area contributed by atoms with Crippen molar-refractivity contribution in [2.24, 2.45) is 0 Å². The van der Waals surface area contributed by atoms with Gasteiger partial charge in [-0.1, -0.05) is 30.3 Å². The van der Waals surface area contributed by atoms with Crippen LogP contribution < -0.4 is 4.74 Å². The molecule has 3 nitrogen and oxygen atoms in total. The molecule has 1 atom stereocenters. The van der Waals surface area contributed by atoms with Crippen LogP contribution in [0.3, 0.4) is 0 Å². The fraction of sp³-hybridized carbons (Fsp3) is 0.235. The minimum absolute atomic E-state index is 0.104. The highest BCUT2D eigenvalue weighted by atomic mass is 35.5. The summed E-state index contributed by atoms with van der Waals surface area (Å²) in [5.74, 6) is 0.850. The lowest BCUT2D eigenvalue weighted by atomic mass is 10.1. The average molecular weight is 305 g/mol. The van der Waals surface area contributed by atoms with Gasteiger partial charge in [-0.15, -0.1) is 11.6 Å². The second-order valence-electron chi connectivity index (χ2n) is 4.51. The van der Waals surface area contributed by atoms with Crippen molar-refractivity contribution in [3.05, 3.63) is 65.7 Å². The van der Waals surface area contributed by atoms with Crippen LogP contribution in [0.4, 0.5) is 0 Å². The number of rotatable bonds is 6. The van der Waals surface area contributed by atoms with Gasteiger partial charge in [-0.2, -0.15) is 0 Å². The Bertz CT molecular complexity index is 566. The Hall–Kier alpha value is -2.00. The molecule has 0 aromatic heterocycles. The molecule has 1 unspecified atom stereocenters. The summed E-state index contributed by atoms with van der Waals surface area (Å²) in [5, 5.41) is 0. The zero-order valence-corrected chi connectivity index (χ0v) is 12.5. The maximum Gasteiger partial charge on any atom is 0.337 e. The van der Waals surface area contributed by atoms with Gasteiger partial charge in [0.05, 0.1) is 12.7 Å². The van der Waals surface area contributed by atoms with E-state index in [1.54, 1.807) is 24.3 Å². The lowest BCUT2D eigenvalue weighted by molar-refractivity contribution is 0.0600. The summed E-state index contributed by atoms with van der Waals surface area (Å²) in [6.45, 7) is 0. The van der Waals surface area contributed by atoms with Crippen LogP contribution in [-0.2, 0) is 4.74 Å². The molecule has 0 heterocycles. The molecule has 0 amide bonds. The maximum absolute atomic E-state index is 11.4. The molecular formula is C17H17ClO3. The van der Waals surface area contributed by atoms with Gasteiger partial charge in [0.1, 0.15) is 11.9 Å². The third-order valence-corrected chi connectivity index (χ3v) is 3.31. The van der Waals surface area contributed by atoms with E-state index in [9.17, 15) is 4.79 Å². The zero-order valence-electron chi connectivity index (χ0n) is 11.8. The van der Waals surface area contributed by atoms with Crippen molar-refractivity contribution in [3.63, 3.8) is 0 Å². The first-order valence-corrected chi connectivity index (χ1v) is 7.24. The van der Waals surface area contributed by atoms with Crippen molar-refractivity contribution in [1.29, 1.82) is 0 Å². The van der Waals surface area contributed by atoms with Crippen molar-refractivity contribution in [2.75, 3.05) is 13.0 Å². The third-order valence-electron chi connectivity index (χ3n) is 3.10. The Morgan fingerprint density at radius 3 is 2.33 bits per heavy atom. The molecule has 0 fully saturated rings. The number of alkyl halides is 1. The number of hydrogen-bond donors (Lipinski definition) is 0. The standard InChI is InChI=1S/C17H17ClO3/c1-20-17(19)14-7-9-15(10-8-14)21-16(11-12-18)13-5-3-2-4-6-13/h2-10,16H,11-12H2,1H3. The van der Waals surface area contributed by atoms with Gasteiger partial charge in [0, 0.05) is 12.3 Å². The summed E-state index contributed by atoms with van der Waals surface area (Å²) in [4.78, 5) is 11.4. The SMILES string of the molecule is COC(=O)c1ccc(OC(CCCl)c2ccccc2)cc1. The number of hydrogen-bond acceptors (Lipinski definition) is 3. The van der Waals surface area contributed by atoms with Crippen molar-refractivity contribution < 1.29 is 14.3 Å². The quantitative estimate of drug-likeness (QED) is 0.592.